The van der Waals surface area contributed by atoms with Crippen LogP contribution in [0, 0.1) is 19.3 Å². The van der Waals surface area contributed by atoms with Crippen LogP contribution in [0.5, 0.6) is 0 Å². The van der Waals surface area contributed by atoms with Gasteiger partial charge in [-0.2, -0.15) is 18.2 Å². The van der Waals surface area contributed by atoms with Crippen molar-refractivity contribution in [2.75, 3.05) is 71.6 Å². The molecule has 3 aliphatic heterocycles. The van der Waals surface area contributed by atoms with Crippen LogP contribution in [0.25, 0.3) is 10.4 Å². The van der Waals surface area contributed by atoms with E-state index in [1.807, 2.05) is 83.5 Å². The maximum absolute atomic E-state index is 14.2. The van der Waals surface area contributed by atoms with Gasteiger partial charge < -0.3 is 36.2 Å². The fraction of sp³-hybridized carbons (Fsp3) is 0.407. The van der Waals surface area contributed by atoms with Crippen molar-refractivity contribution in [3.63, 3.8) is 0 Å². The molecule has 2 saturated heterocycles. The number of urea groups is 1. The Hall–Kier alpha value is -8.02. The first-order valence-electron chi connectivity index (χ1n) is 27.3. The smallest absolute Gasteiger partial charge is 0.391 e. The number of carbonyl (C=O) groups excluding carboxylic acids is 5. The average Bonchev–Trinajstić information content (AvgIpc) is 4.20. The summed E-state index contributed by atoms with van der Waals surface area (Å²) in [6, 6.07) is 18.3. The van der Waals surface area contributed by atoms with Crippen LogP contribution in [-0.4, -0.2) is 129 Å². The van der Waals surface area contributed by atoms with Gasteiger partial charge in [0.1, 0.15) is 23.7 Å². The van der Waals surface area contributed by atoms with Crippen LogP contribution in [-0.2, 0) is 27.1 Å². The summed E-state index contributed by atoms with van der Waals surface area (Å²) in [5.74, 6) is -0.255. The SMILES string of the molecule is Cc1ccc(NC(=O)c2cccc(C(F)(F)F)c2)cc1N1Cc2cnc(Nc3ccc(N4CCN(CCCCC(=O)N[C@H](C(=O)N5C[C@H](O)C[C@H]5C(=O)N[C@@H](C)c5ccc(-c6scnc6C)cc5)C(C)(C)C)CC4)nc3)nc2N(C)C1=O. The Morgan fingerprint density at radius 3 is 2.29 bits per heavy atom. The van der Waals surface area contributed by atoms with Crippen molar-refractivity contribution in [2.24, 2.45) is 5.41 Å². The van der Waals surface area contributed by atoms with Gasteiger partial charge in [0.2, 0.25) is 23.7 Å². The van der Waals surface area contributed by atoms with Crippen LogP contribution in [0.2, 0.25) is 0 Å². The molecule has 3 aromatic heterocycles. The lowest BCUT2D eigenvalue weighted by molar-refractivity contribution is -0.144. The van der Waals surface area contributed by atoms with E-state index in [1.165, 1.54) is 26.8 Å². The molecule has 9 rings (SSSR count). The molecular formula is C59H68F3N13O6S. The zero-order valence-corrected chi connectivity index (χ0v) is 47.7. The number of likely N-dealkylation sites (tertiary alicyclic amines) is 1. The summed E-state index contributed by atoms with van der Waals surface area (Å²) in [4.78, 5) is 96.4. The molecular weight excluding hydrogens is 1080 g/mol. The number of amides is 6. The third-order valence-electron chi connectivity index (χ3n) is 15.1. The zero-order valence-electron chi connectivity index (χ0n) is 46.9. The van der Waals surface area contributed by atoms with Gasteiger partial charge in [-0.05, 0) is 105 Å². The van der Waals surface area contributed by atoms with E-state index in [9.17, 15) is 42.3 Å². The minimum Gasteiger partial charge on any atom is -0.391 e. The van der Waals surface area contributed by atoms with Crippen molar-refractivity contribution in [2.45, 2.75) is 104 Å². The van der Waals surface area contributed by atoms with Crippen LogP contribution < -0.4 is 36.0 Å². The Balaban J connectivity index is 0.711. The Labute approximate surface area is 478 Å². The number of hydrogen-bond donors (Lipinski definition) is 5. The second-order valence-electron chi connectivity index (χ2n) is 22.2. The number of aryl methyl sites for hydroxylation is 2. The van der Waals surface area contributed by atoms with E-state index in [2.05, 4.69) is 46.0 Å². The number of aliphatic hydroxyl groups is 1. The third kappa shape index (κ3) is 13.7. The first kappa shape index (κ1) is 58.6. The van der Waals surface area contributed by atoms with E-state index in [0.717, 1.165) is 84.4 Å². The number of fused-ring (bicyclic) bond motifs is 1. The standard InChI is InChI=1S/C59H68F3N13O6S/c1-35-14-19-43(67-53(78)40-11-10-12-42(27-40)59(60,61)62)28-46(35)75-32-41-30-64-56(70-52(41)71(7)57(75)81)68-44-20-21-48(63-31-44)73-25-23-72(24-26-73)22-9-8-13-49(77)69-51(58(4,5)6)55(80)74-33-45(76)29-47(74)54(79)66-36(2)38-15-17-39(18-16-38)50-37(3)65-34-82-50/h10-12,14-21,27-28,30-31,34,36,45,47,51,76H,8-9,13,22-26,29,32-33H2,1-7H3,(H,66,79)(H,67,78)(H,69,77)(H,64,68,70)/t36-,45+,47-,51+/m0/s1. The number of benzene rings is 3. The van der Waals surface area contributed by atoms with Crippen LogP contribution in [0.15, 0.2) is 96.8 Å². The first-order valence-corrected chi connectivity index (χ1v) is 28.2. The lowest BCUT2D eigenvalue weighted by Crippen LogP contribution is -2.57. The maximum atomic E-state index is 14.2. The van der Waals surface area contributed by atoms with E-state index >= 15 is 0 Å². The molecule has 0 radical (unpaired) electrons. The number of halogens is 3. The van der Waals surface area contributed by atoms with E-state index in [1.54, 1.807) is 49.0 Å². The first-order chi connectivity index (χ1) is 39.0. The maximum Gasteiger partial charge on any atom is 0.416 e. The summed E-state index contributed by atoms with van der Waals surface area (Å²) in [6.45, 7) is 15.3. The lowest BCUT2D eigenvalue weighted by Gasteiger charge is -2.36. The Morgan fingerprint density at radius 1 is 0.866 bits per heavy atom. The highest BCUT2D eigenvalue weighted by atomic mass is 32.1. The summed E-state index contributed by atoms with van der Waals surface area (Å²) in [6.07, 6.45) is -0.408. The van der Waals surface area contributed by atoms with Gasteiger partial charge in [0.05, 0.1) is 57.9 Å². The van der Waals surface area contributed by atoms with Gasteiger partial charge in [0.15, 0.2) is 0 Å². The predicted octanol–water partition coefficient (Wildman–Crippen LogP) is 8.87. The van der Waals surface area contributed by atoms with Crippen molar-refractivity contribution in [3.05, 3.63) is 130 Å². The molecule has 6 heterocycles. The number of nitrogens with zero attached hydrogens (tertiary/aromatic N) is 9. The number of pyridine rings is 1. The normalized spacial score (nSPS) is 17.5. The third-order valence-corrected chi connectivity index (χ3v) is 16.1. The summed E-state index contributed by atoms with van der Waals surface area (Å²) >= 11 is 1.57. The van der Waals surface area contributed by atoms with Gasteiger partial charge in [0, 0.05) is 75.6 Å². The number of thiazole rings is 1. The largest absolute Gasteiger partial charge is 0.416 e. The molecule has 0 unspecified atom stereocenters. The highest BCUT2D eigenvalue weighted by molar-refractivity contribution is 7.13. The summed E-state index contributed by atoms with van der Waals surface area (Å²) in [5.41, 5.74) is 5.77. The Morgan fingerprint density at radius 2 is 1.61 bits per heavy atom. The number of aromatic nitrogens is 4. The molecule has 5 N–H and O–H groups in total. The quantitative estimate of drug-likeness (QED) is 0.0540. The highest BCUT2D eigenvalue weighted by Crippen LogP contribution is 2.36. The molecule has 3 aromatic carbocycles. The summed E-state index contributed by atoms with van der Waals surface area (Å²) in [5, 5.41) is 22.6. The summed E-state index contributed by atoms with van der Waals surface area (Å²) in [7, 11) is 1.60. The van der Waals surface area contributed by atoms with Crippen LogP contribution in [0.1, 0.15) is 97.7 Å². The molecule has 3 aliphatic rings. The number of aliphatic hydroxyl groups excluding tert-OH is 1. The molecule has 0 saturated carbocycles. The van der Waals surface area contributed by atoms with Crippen molar-refractivity contribution < 1.29 is 42.3 Å². The Kier molecular flexibility index (Phi) is 17.6. The second kappa shape index (κ2) is 24.6. The topological polar surface area (TPSA) is 221 Å². The van der Waals surface area contributed by atoms with Gasteiger partial charge >= 0.3 is 12.2 Å². The molecule has 2 fully saturated rings. The lowest BCUT2D eigenvalue weighted by atomic mass is 9.85. The number of anilines is 6. The highest BCUT2D eigenvalue weighted by Gasteiger charge is 2.45. The molecule has 0 bridgehead atoms. The van der Waals surface area contributed by atoms with Gasteiger partial charge in [-0.25, -0.2) is 19.7 Å². The number of carbonyl (C=O) groups is 5. The number of piperazine rings is 1. The van der Waals surface area contributed by atoms with Crippen LogP contribution in [0.4, 0.5) is 52.6 Å². The molecule has 4 atom stereocenters. The number of alkyl halides is 3. The van der Waals surface area contributed by atoms with Crippen molar-refractivity contribution in [1.82, 2.24) is 40.4 Å². The van der Waals surface area contributed by atoms with Gasteiger partial charge in [-0.3, -0.25) is 33.9 Å². The molecule has 19 nitrogen and oxygen atoms in total. The van der Waals surface area contributed by atoms with Crippen molar-refractivity contribution >= 4 is 75.6 Å². The van der Waals surface area contributed by atoms with E-state index in [0.29, 0.717) is 34.9 Å². The summed E-state index contributed by atoms with van der Waals surface area (Å²) < 4.78 is 39.9. The minimum absolute atomic E-state index is 0.00471. The number of rotatable bonds is 17. The van der Waals surface area contributed by atoms with Crippen LogP contribution >= 0.6 is 11.3 Å². The molecule has 432 valence electrons. The second-order valence-corrected chi connectivity index (χ2v) is 23.1. The van der Waals surface area contributed by atoms with Gasteiger partial charge in [-0.1, -0.05) is 57.2 Å². The van der Waals surface area contributed by atoms with Crippen molar-refractivity contribution in [1.29, 1.82) is 0 Å². The van der Waals surface area contributed by atoms with E-state index in [-0.39, 0.29) is 61.3 Å². The number of β-amino-alcohol motifs (C(OH)–C–C–N with tert-alkyl or cyclic N) is 1. The number of nitrogens with one attached hydrogen (secondary N) is 4. The molecule has 0 aliphatic carbocycles. The zero-order chi connectivity index (χ0) is 58.6. The number of unbranched alkanes of at least 4 members (excludes halogenated alkanes) is 1. The Bertz CT molecular complexity index is 3310. The average molecular weight is 1140 g/mol. The van der Waals surface area contributed by atoms with Crippen LogP contribution in [0.3, 0.4) is 0 Å². The van der Waals surface area contributed by atoms with Gasteiger partial charge in [-0.15, -0.1) is 11.3 Å². The number of hydrogen-bond acceptors (Lipinski definition) is 14. The van der Waals surface area contributed by atoms with E-state index in [4.69, 9.17) is 4.98 Å². The van der Waals surface area contributed by atoms with E-state index < -0.39 is 47.2 Å². The predicted molar refractivity (Wildman–Crippen MR) is 309 cm³/mol. The monoisotopic (exact) mass is 1140 g/mol. The fourth-order valence-corrected chi connectivity index (χ4v) is 11.2. The molecule has 0 spiro atoms. The van der Waals surface area contributed by atoms with Gasteiger partial charge in [0.25, 0.3) is 5.91 Å². The molecule has 23 heteroatoms. The molecule has 82 heavy (non-hydrogen) atoms. The fourth-order valence-electron chi connectivity index (χ4n) is 10.4. The molecule has 6 aromatic rings. The van der Waals surface area contributed by atoms with Crippen molar-refractivity contribution in [3.8, 4) is 10.4 Å². The molecule has 6 amide bonds. The minimum atomic E-state index is -4.60.